The minimum Gasteiger partial charge on any atom is -0.423 e. The molecule has 0 saturated heterocycles. The minimum atomic E-state index is -4.42. The van der Waals surface area contributed by atoms with Crippen LogP contribution in [0.25, 0.3) is 0 Å². The van der Waals surface area contributed by atoms with Crippen molar-refractivity contribution in [2.45, 2.75) is 31.5 Å². The van der Waals surface area contributed by atoms with E-state index in [4.69, 9.17) is 4.42 Å². The van der Waals surface area contributed by atoms with Crippen molar-refractivity contribution in [2.75, 3.05) is 5.32 Å². The molecule has 0 aliphatic heterocycles. The Morgan fingerprint density at radius 1 is 1.37 bits per heavy atom. The van der Waals surface area contributed by atoms with E-state index in [1.807, 2.05) is 0 Å². The number of thiazole rings is 1. The maximum Gasteiger partial charge on any atom is 0.434 e. The lowest BCUT2D eigenvalue weighted by Crippen LogP contribution is -2.06. The lowest BCUT2D eigenvalue weighted by atomic mass is 10.4. The summed E-state index contributed by atoms with van der Waals surface area (Å²) in [7, 11) is 0. The summed E-state index contributed by atoms with van der Waals surface area (Å²) < 4.78 is 42.4. The maximum absolute atomic E-state index is 12.3. The van der Waals surface area contributed by atoms with Crippen LogP contribution in [0.2, 0.25) is 0 Å². The van der Waals surface area contributed by atoms with Crippen molar-refractivity contribution in [3.63, 3.8) is 0 Å². The molecule has 0 amide bonds. The summed E-state index contributed by atoms with van der Waals surface area (Å²) in [5.74, 6) is 1.32. The second-order valence-corrected chi connectivity index (χ2v) is 5.06. The number of aromatic nitrogens is 3. The van der Waals surface area contributed by atoms with E-state index >= 15 is 0 Å². The van der Waals surface area contributed by atoms with E-state index < -0.39 is 11.9 Å². The van der Waals surface area contributed by atoms with Gasteiger partial charge in [-0.25, -0.2) is 4.98 Å². The number of hydrogen-bond donors (Lipinski definition) is 1. The minimum absolute atomic E-state index is 0.171. The predicted molar refractivity (Wildman–Crippen MR) is 60.7 cm³/mol. The molecule has 0 unspecified atom stereocenters. The molecule has 0 radical (unpaired) electrons. The molecule has 1 saturated carbocycles. The summed E-state index contributed by atoms with van der Waals surface area (Å²) in [6, 6.07) is 0. The molecule has 2 aromatic heterocycles. The molecular formula is C10H9F3N4OS. The summed E-state index contributed by atoms with van der Waals surface area (Å²) in [5, 5.41) is 11.6. The summed E-state index contributed by atoms with van der Waals surface area (Å²) in [5.41, 5.74) is -0.899. The molecule has 19 heavy (non-hydrogen) atoms. The van der Waals surface area contributed by atoms with E-state index in [1.54, 1.807) is 0 Å². The highest BCUT2D eigenvalue weighted by Gasteiger charge is 2.33. The first kappa shape index (κ1) is 12.4. The Hall–Kier alpha value is -1.64. The van der Waals surface area contributed by atoms with Gasteiger partial charge in [-0.2, -0.15) is 13.2 Å². The van der Waals surface area contributed by atoms with E-state index in [2.05, 4.69) is 20.5 Å². The quantitative estimate of drug-likeness (QED) is 0.937. The van der Waals surface area contributed by atoms with Gasteiger partial charge in [0.05, 0.1) is 6.54 Å². The number of nitrogens with one attached hydrogen (secondary N) is 1. The van der Waals surface area contributed by atoms with Crippen molar-refractivity contribution < 1.29 is 17.6 Å². The molecule has 102 valence electrons. The third kappa shape index (κ3) is 2.86. The van der Waals surface area contributed by atoms with Crippen LogP contribution in [0.4, 0.5) is 18.3 Å². The molecule has 3 rings (SSSR count). The van der Waals surface area contributed by atoms with Gasteiger partial charge in [-0.1, -0.05) is 0 Å². The van der Waals surface area contributed by atoms with Gasteiger partial charge in [0, 0.05) is 11.3 Å². The number of alkyl halides is 3. The number of hydrogen-bond acceptors (Lipinski definition) is 6. The normalized spacial score (nSPS) is 15.7. The second kappa shape index (κ2) is 4.48. The standard InChI is InChI=1S/C10H9F3N4OS/c11-10(12,13)6-4-19-9(15-6)14-3-7-16-17-8(18-7)5-1-2-5/h4-5H,1-3H2,(H,14,15). The van der Waals surface area contributed by atoms with Gasteiger partial charge in [-0.05, 0) is 12.8 Å². The van der Waals surface area contributed by atoms with E-state index in [9.17, 15) is 13.2 Å². The van der Waals surface area contributed by atoms with Crippen LogP contribution < -0.4 is 5.32 Å². The average Bonchev–Trinajstić information content (AvgIpc) is 2.91. The molecule has 9 heteroatoms. The highest BCUT2D eigenvalue weighted by Crippen LogP contribution is 2.39. The zero-order chi connectivity index (χ0) is 13.5. The van der Waals surface area contributed by atoms with E-state index in [-0.39, 0.29) is 11.7 Å². The van der Waals surface area contributed by atoms with E-state index in [0.29, 0.717) is 17.7 Å². The molecule has 1 fully saturated rings. The third-order valence-electron chi connectivity index (χ3n) is 2.59. The molecule has 2 heterocycles. The molecular weight excluding hydrogens is 281 g/mol. The molecule has 1 N–H and O–H groups in total. The van der Waals surface area contributed by atoms with Gasteiger partial charge in [0.2, 0.25) is 11.8 Å². The smallest absolute Gasteiger partial charge is 0.423 e. The van der Waals surface area contributed by atoms with Gasteiger partial charge in [-0.15, -0.1) is 21.5 Å². The zero-order valence-corrected chi connectivity index (χ0v) is 10.4. The van der Waals surface area contributed by atoms with Crippen molar-refractivity contribution in [1.29, 1.82) is 0 Å². The van der Waals surface area contributed by atoms with Crippen LogP contribution >= 0.6 is 11.3 Å². The number of anilines is 1. The Kier molecular flexibility index (Phi) is 2.92. The van der Waals surface area contributed by atoms with Crippen LogP contribution in [0.15, 0.2) is 9.80 Å². The van der Waals surface area contributed by atoms with Gasteiger partial charge in [0.25, 0.3) is 0 Å². The SMILES string of the molecule is FC(F)(F)c1csc(NCc2nnc(C3CC3)o2)n1. The fourth-order valence-electron chi connectivity index (χ4n) is 1.47. The van der Waals surface area contributed by atoms with Crippen LogP contribution in [-0.4, -0.2) is 15.2 Å². The van der Waals surface area contributed by atoms with Crippen LogP contribution in [0.3, 0.4) is 0 Å². The number of nitrogens with zero attached hydrogens (tertiary/aromatic N) is 3. The van der Waals surface area contributed by atoms with Gasteiger partial charge in [0.15, 0.2) is 10.8 Å². The Balaban J connectivity index is 1.60. The number of rotatable bonds is 4. The molecule has 0 spiro atoms. The van der Waals surface area contributed by atoms with Crippen LogP contribution in [-0.2, 0) is 12.7 Å². The molecule has 5 nitrogen and oxygen atoms in total. The largest absolute Gasteiger partial charge is 0.434 e. The lowest BCUT2D eigenvalue weighted by molar-refractivity contribution is -0.140. The van der Waals surface area contributed by atoms with Crippen molar-refractivity contribution in [2.24, 2.45) is 0 Å². The van der Waals surface area contributed by atoms with E-state index in [1.165, 1.54) is 0 Å². The highest BCUT2D eigenvalue weighted by atomic mass is 32.1. The Morgan fingerprint density at radius 3 is 2.79 bits per heavy atom. The van der Waals surface area contributed by atoms with Crippen molar-refractivity contribution in [1.82, 2.24) is 15.2 Å². The third-order valence-corrected chi connectivity index (χ3v) is 3.39. The fraction of sp³-hybridized carbons (Fsp3) is 0.500. The summed E-state index contributed by atoms with van der Waals surface area (Å²) in [6.45, 7) is 0.171. The highest BCUT2D eigenvalue weighted by molar-refractivity contribution is 7.13. The monoisotopic (exact) mass is 290 g/mol. The molecule has 1 aliphatic rings. The van der Waals surface area contributed by atoms with Crippen LogP contribution in [0.1, 0.15) is 36.2 Å². The lowest BCUT2D eigenvalue weighted by Gasteiger charge is -2.00. The molecule has 1 aliphatic carbocycles. The first-order chi connectivity index (χ1) is 9.02. The second-order valence-electron chi connectivity index (χ2n) is 4.20. The van der Waals surface area contributed by atoms with Gasteiger partial charge < -0.3 is 9.73 Å². The van der Waals surface area contributed by atoms with Gasteiger partial charge in [0.1, 0.15) is 0 Å². The van der Waals surface area contributed by atoms with Crippen LogP contribution in [0, 0.1) is 0 Å². The molecule has 0 bridgehead atoms. The van der Waals surface area contributed by atoms with Gasteiger partial charge in [-0.3, -0.25) is 0 Å². The summed E-state index contributed by atoms with van der Waals surface area (Å²) in [6.07, 6.45) is -2.31. The molecule has 0 atom stereocenters. The fourth-order valence-corrected chi connectivity index (χ4v) is 2.19. The summed E-state index contributed by atoms with van der Waals surface area (Å²) >= 11 is 0.889. The van der Waals surface area contributed by atoms with Crippen molar-refractivity contribution in [3.05, 3.63) is 22.9 Å². The van der Waals surface area contributed by atoms with Crippen LogP contribution in [0.5, 0.6) is 0 Å². The predicted octanol–water partition coefficient (Wildman–Crippen LogP) is 3.03. The first-order valence-electron chi connectivity index (χ1n) is 5.61. The van der Waals surface area contributed by atoms with Gasteiger partial charge >= 0.3 is 6.18 Å². The average molecular weight is 290 g/mol. The summed E-state index contributed by atoms with van der Waals surface area (Å²) in [4.78, 5) is 3.44. The first-order valence-corrected chi connectivity index (χ1v) is 6.49. The Labute approximate surface area is 109 Å². The number of halogens is 3. The van der Waals surface area contributed by atoms with Crippen molar-refractivity contribution >= 4 is 16.5 Å². The topological polar surface area (TPSA) is 63.8 Å². The Bertz CT molecular complexity index is 575. The van der Waals surface area contributed by atoms with Crippen molar-refractivity contribution in [3.8, 4) is 0 Å². The van der Waals surface area contributed by atoms with E-state index in [0.717, 1.165) is 29.6 Å². The Morgan fingerprint density at radius 2 is 2.16 bits per heavy atom. The molecule has 0 aromatic carbocycles. The zero-order valence-electron chi connectivity index (χ0n) is 9.57. The maximum atomic E-state index is 12.3. The molecule has 2 aromatic rings.